The first kappa shape index (κ1) is 94.8. The molecule has 114 heavy (non-hydrogen) atoms. The minimum atomic E-state index is -1.13. The average molecular weight is 1710 g/mol. The number of methoxy groups -OCH3 is 3. The fraction of sp³-hybridized carbons (Fsp3) is 0.575. The highest BCUT2D eigenvalue weighted by Gasteiger charge is 2.42. The number of thiophene rings is 4. The number of allylic oxidation sites excluding steroid dienone is 4. The number of rotatable bonds is 18. The third kappa shape index (κ3) is 28.7. The summed E-state index contributed by atoms with van der Waals surface area (Å²) in [7, 11) is 4.04. The van der Waals surface area contributed by atoms with E-state index in [1.165, 1.54) is 71.4 Å². The highest BCUT2D eigenvalue weighted by atomic mass is 79.9. The number of anilines is 3. The van der Waals surface area contributed by atoms with Crippen LogP contribution in [0.2, 0.25) is 0 Å². The molecule has 27 heteroatoms. The van der Waals surface area contributed by atoms with Crippen molar-refractivity contribution in [3.05, 3.63) is 91.1 Å². The Morgan fingerprint density at radius 2 is 0.816 bits per heavy atom. The maximum absolute atomic E-state index is 14.1. The van der Waals surface area contributed by atoms with Crippen LogP contribution in [-0.2, 0) is 52.4 Å². The second-order valence-corrected chi connectivity index (χ2v) is 37.4. The Bertz CT molecular complexity index is 4390. The van der Waals surface area contributed by atoms with E-state index in [0.717, 1.165) is 38.4 Å². The number of carbonyl (C=O) groups is 9. The summed E-state index contributed by atoms with van der Waals surface area (Å²) in [6.07, 6.45) is 9.84. The van der Waals surface area contributed by atoms with Crippen LogP contribution in [0.1, 0.15) is 234 Å². The van der Waals surface area contributed by atoms with Gasteiger partial charge in [0, 0.05) is 77.2 Å². The van der Waals surface area contributed by atoms with Gasteiger partial charge in [0.1, 0.15) is 37.6 Å². The highest BCUT2D eigenvalue weighted by molar-refractivity contribution is 9.10. The molecule has 9 rings (SSSR count). The summed E-state index contributed by atoms with van der Waals surface area (Å²) >= 11 is 8.19. The first-order valence-electron chi connectivity index (χ1n) is 38.8. The van der Waals surface area contributed by atoms with Gasteiger partial charge in [0.05, 0.1) is 97.5 Å². The quantitative estimate of drug-likeness (QED) is 0.0406. The van der Waals surface area contributed by atoms with Crippen LogP contribution in [0.15, 0.2) is 52.0 Å². The van der Waals surface area contributed by atoms with Crippen LogP contribution in [0, 0.1) is 80.9 Å². The SMILES string of the molecule is CC[C@@H](C(=O)N1CCOCC1)N(C(=O)C1CC=C(C)CC1)c1cc(C#CC(C)(C)C)sc1C(=O)O.CC[C@@H](C(=O)N1CCOCC1)N(C(=O)C1CC=C(C)CC1)c1cc(C#CC(C)(C)C)sc1C(=O)OC.CC[C@H](Nc1cc(C#CC(C)(C)C)sc1C(=O)OC)C(=O)N1CCOCC1.COC(=O)c1sc(C#CC(C)(C)C)cc1Br. The lowest BCUT2D eigenvalue weighted by molar-refractivity contribution is -0.139. The Morgan fingerprint density at radius 1 is 0.491 bits per heavy atom. The van der Waals surface area contributed by atoms with Crippen molar-refractivity contribution in [3.63, 3.8) is 0 Å². The number of carboxylic acids is 1. The van der Waals surface area contributed by atoms with Gasteiger partial charge in [0.25, 0.3) is 0 Å². The molecule has 5 atom stereocenters. The lowest BCUT2D eigenvalue weighted by atomic mass is 9.88. The van der Waals surface area contributed by atoms with Crippen molar-refractivity contribution in [1.29, 1.82) is 0 Å². The van der Waals surface area contributed by atoms with Gasteiger partial charge in [0.15, 0.2) is 0 Å². The Balaban J connectivity index is 0.000000245. The number of halogens is 1. The third-order valence-corrected chi connectivity index (χ3v) is 23.3. The van der Waals surface area contributed by atoms with Gasteiger partial charge in [-0.1, -0.05) is 91.4 Å². The molecule has 3 saturated heterocycles. The average Bonchev–Trinajstić information content (AvgIpc) is 1.68. The molecule has 2 unspecified atom stereocenters. The zero-order valence-electron chi connectivity index (χ0n) is 70.0. The molecule has 0 bridgehead atoms. The van der Waals surface area contributed by atoms with E-state index in [1.807, 2.05) is 116 Å². The molecule has 5 aliphatic rings. The molecule has 22 nitrogen and oxygen atoms in total. The molecule has 5 amide bonds. The molecule has 7 heterocycles. The molecule has 4 aromatic rings. The number of amides is 5. The van der Waals surface area contributed by atoms with Crippen molar-refractivity contribution in [2.75, 3.05) is 115 Å². The largest absolute Gasteiger partial charge is 0.477 e. The second kappa shape index (κ2) is 43.7. The van der Waals surface area contributed by atoms with Gasteiger partial charge in [-0.25, -0.2) is 19.2 Å². The molecule has 3 fully saturated rings. The van der Waals surface area contributed by atoms with Crippen molar-refractivity contribution in [2.24, 2.45) is 33.5 Å². The van der Waals surface area contributed by atoms with Crippen LogP contribution >= 0.6 is 61.3 Å². The molecule has 620 valence electrons. The van der Waals surface area contributed by atoms with Crippen LogP contribution in [0.4, 0.5) is 17.1 Å². The Morgan fingerprint density at radius 3 is 1.16 bits per heavy atom. The number of carboxylic acid groups (broad SMARTS) is 1. The monoisotopic (exact) mass is 1710 g/mol. The summed E-state index contributed by atoms with van der Waals surface area (Å²) in [6, 6.07) is 5.18. The molecule has 0 aromatic carbocycles. The smallest absolute Gasteiger partial charge is 0.350 e. The number of carbonyl (C=O) groups excluding carboxylic acids is 8. The van der Waals surface area contributed by atoms with Crippen molar-refractivity contribution < 1.29 is 76.7 Å². The van der Waals surface area contributed by atoms with Crippen molar-refractivity contribution in [1.82, 2.24) is 14.7 Å². The first-order chi connectivity index (χ1) is 53.6. The molecular weight excluding hydrogens is 1590 g/mol. The van der Waals surface area contributed by atoms with Gasteiger partial charge < -0.3 is 53.5 Å². The van der Waals surface area contributed by atoms with Gasteiger partial charge in [-0.3, -0.25) is 33.8 Å². The van der Waals surface area contributed by atoms with E-state index in [1.54, 1.807) is 31.7 Å². The van der Waals surface area contributed by atoms with E-state index < -0.39 is 36.0 Å². The minimum Gasteiger partial charge on any atom is -0.477 e. The zero-order valence-corrected chi connectivity index (χ0v) is 74.9. The van der Waals surface area contributed by atoms with E-state index in [2.05, 4.69) is 99.3 Å². The zero-order chi connectivity index (χ0) is 84.6. The van der Waals surface area contributed by atoms with E-state index in [4.69, 9.17) is 23.7 Å². The third-order valence-electron chi connectivity index (χ3n) is 18.3. The van der Waals surface area contributed by atoms with Crippen molar-refractivity contribution in [3.8, 4) is 47.4 Å². The molecule has 2 aliphatic carbocycles. The molecule has 4 aromatic heterocycles. The predicted molar refractivity (Wildman–Crippen MR) is 457 cm³/mol. The molecule has 2 N–H and O–H groups in total. The summed E-state index contributed by atoms with van der Waals surface area (Å²) in [4.78, 5) is 129. The maximum Gasteiger partial charge on any atom is 0.350 e. The second-order valence-electron chi connectivity index (χ2n) is 32.3. The first-order valence-corrected chi connectivity index (χ1v) is 42.9. The van der Waals surface area contributed by atoms with Gasteiger partial charge >= 0.3 is 23.9 Å². The maximum atomic E-state index is 14.1. The molecule has 0 saturated carbocycles. The summed E-state index contributed by atoms with van der Waals surface area (Å²) in [5.41, 5.74) is 3.14. The van der Waals surface area contributed by atoms with E-state index in [9.17, 15) is 48.3 Å². The number of hydrogen-bond acceptors (Lipinski definition) is 20. The van der Waals surface area contributed by atoms with E-state index >= 15 is 0 Å². The van der Waals surface area contributed by atoms with Crippen molar-refractivity contribution in [2.45, 2.75) is 194 Å². The fourth-order valence-corrected chi connectivity index (χ4v) is 16.5. The Hall–Kier alpha value is -8.09. The van der Waals surface area contributed by atoms with E-state index in [0.29, 0.717) is 160 Å². The van der Waals surface area contributed by atoms with Gasteiger partial charge in [-0.2, -0.15) is 0 Å². The number of nitrogens with one attached hydrogen (secondary N) is 1. The van der Waals surface area contributed by atoms with E-state index in [-0.39, 0.29) is 79.6 Å². The minimum absolute atomic E-state index is 0.0186. The predicted octanol–water partition coefficient (Wildman–Crippen LogP) is 15.9. The standard InChI is InChI=1S/C28H38N2O5S.C27H36N2O5S.C20H28N2O4S.C12H13BrO2S/c1-7-22(26(32)29-14-16-35-17-15-29)30(25(31)20-10-8-19(2)9-11-20)23-18-21(12-13-28(3,4)5)36-24(23)27(33)34-6;1-6-21(25(31)28-13-15-34-16-14-28)29(24(30)19-9-7-18(2)8-10-19)22-17-20(11-12-27(3,4)5)35-23(22)26(32)33;1-6-15(18(23)22-9-11-26-12-10-22)21-16-13-14(7-8-20(2,3)4)27-17(16)19(24)25-5;1-12(2,3)6-5-8-7-9(13)10(16-8)11(14)15-4/h8,18,20,22H,7,9-11,14-17H2,1-6H3;7,17,19,21H,6,8-10,13-16H2,1-5H3,(H,32,33);13,15,21H,6,9-12H2,1-5H3;7H,1-4H3/t20?,22-;19?,21-;15-;/m000./s1. The van der Waals surface area contributed by atoms with Gasteiger partial charge in [-0.15, -0.1) is 45.3 Å². The molecule has 0 spiro atoms. The number of hydrogen-bond donors (Lipinski definition) is 2. The molecule has 0 radical (unpaired) electrons. The Kier molecular flexibility index (Phi) is 36.4. The number of ether oxygens (including phenoxy) is 6. The summed E-state index contributed by atoms with van der Waals surface area (Å²) < 4.78 is 31.5. The number of nitrogens with zero attached hydrogens (tertiary/aromatic N) is 5. The fourth-order valence-electron chi connectivity index (χ4n) is 12.2. The molecular formula is C87H115BrN6O16S4. The summed E-state index contributed by atoms with van der Waals surface area (Å²) in [6.45, 7) is 40.1. The van der Waals surface area contributed by atoms with Crippen LogP contribution in [0.3, 0.4) is 0 Å². The van der Waals surface area contributed by atoms with Crippen molar-refractivity contribution >= 4 is 132 Å². The normalized spacial score (nSPS) is 17.1. The number of morpholine rings is 3. The van der Waals surface area contributed by atoms with Gasteiger partial charge in [-0.05, 0) is 195 Å². The number of esters is 3. The summed E-state index contributed by atoms with van der Waals surface area (Å²) in [5.74, 6) is 21.4. The lowest BCUT2D eigenvalue weighted by Gasteiger charge is -2.37. The van der Waals surface area contributed by atoms with Crippen LogP contribution in [0.5, 0.6) is 0 Å². The highest BCUT2D eigenvalue weighted by Crippen LogP contribution is 2.40. The van der Waals surface area contributed by atoms with Crippen LogP contribution in [-0.4, -0.2) is 192 Å². The number of aromatic carboxylic acids is 1. The van der Waals surface area contributed by atoms with Crippen LogP contribution in [0.25, 0.3) is 0 Å². The summed E-state index contributed by atoms with van der Waals surface area (Å²) in [5, 5.41) is 13.3. The Labute approximate surface area is 699 Å². The molecule has 3 aliphatic heterocycles. The topological polar surface area (TPSA) is 257 Å². The lowest BCUT2D eigenvalue weighted by Crippen LogP contribution is -2.55. The van der Waals surface area contributed by atoms with Crippen LogP contribution < -0.4 is 15.1 Å². The van der Waals surface area contributed by atoms with Gasteiger partial charge in [0.2, 0.25) is 29.5 Å².